The first-order valence-electron chi connectivity index (χ1n) is 40.5. The van der Waals surface area contributed by atoms with E-state index in [0.717, 1.165) is 58.3 Å². The minimum absolute atomic E-state index is 0.190. The number of nitrogens with one attached hydrogen (secondary N) is 2. The van der Waals surface area contributed by atoms with Crippen LogP contribution in [0.1, 0.15) is 252 Å². The summed E-state index contributed by atoms with van der Waals surface area (Å²) >= 11 is 0. The molecular weight excluding hydrogens is 1390 g/mol. The number of hydrogen-bond donors (Lipinski definition) is 18. The van der Waals surface area contributed by atoms with Crippen LogP contribution in [0.3, 0.4) is 0 Å². The first-order chi connectivity index (χ1) is 51.2. The van der Waals surface area contributed by atoms with Gasteiger partial charge in [-0.05, 0) is 19.3 Å². The molecule has 0 bridgehead atoms. The maximum absolute atomic E-state index is 13.6. The van der Waals surface area contributed by atoms with Gasteiger partial charge < -0.3 is 140 Å². The molecule has 30 nitrogen and oxygen atoms in total. The zero-order valence-electron chi connectivity index (χ0n) is 63.5. The summed E-state index contributed by atoms with van der Waals surface area (Å²) < 4.78 is 58.6. The molecule has 0 aliphatic carbocycles. The second-order valence-corrected chi connectivity index (χ2v) is 29.9. The molecule has 18 N–H and O–H groups in total. The molecule has 27 atom stereocenters. The van der Waals surface area contributed by atoms with Crippen molar-refractivity contribution in [1.29, 1.82) is 0 Å². The van der Waals surface area contributed by atoms with Crippen LogP contribution < -0.4 is 10.6 Å². The molecule has 2 amide bonds. The second-order valence-electron chi connectivity index (χ2n) is 29.9. The molecule has 5 heterocycles. The minimum atomic E-state index is -2.18. The number of rotatable bonds is 56. The lowest BCUT2D eigenvalue weighted by Crippen LogP contribution is -2.70. The number of aliphatic hydroxyl groups is 16. The van der Waals surface area contributed by atoms with Crippen LogP contribution in [0, 0.1) is 0 Å². The van der Waals surface area contributed by atoms with Crippen LogP contribution in [-0.2, 0) is 57.0 Å². The van der Waals surface area contributed by atoms with Gasteiger partial charge in [-0.2, -0.15) is 0 Å². The third-order valence-corrected chi connectivity index (χ3v) is 21.2. The Morgan fingerprint density at radius 3 is 1.11 bits per heavy atom. The molecule has 0 aromatic heterocycles. The quantitative estimate of drug-likeness (QED) is 0.0307. The standard InChI is InChI=1S/C76H140N2O28/c1-4-6-8-10-12-14-16-18-19-20-21-22-23-24-25-26-27-29-31-33-35-37-39-41-56(86)78-49(50(85)40-38-36-34-32-30-28-17-15-13-11-9-7-5-2)47-97-73-65(94)63(92)68(55(46-83)102-73)103-75-66(95)70(60(89)53(44-81)100-75)105-72-57(77-48(3)84)69(59(88)52(43-80)98-72)104-76-67(96)71(61(90)54(45-82)101-76)106-74-64(93)62(91)58(87)51(42-79)99-74/h38,40,49-55,57-76,79-83,85,87-96H,4-37,39,41-47H2,1-3H3,(H,77,84)(H,78,86)/b40-38+/t49-,50+,51?,52?,53?,54?,55?,57?,58-,59+,60-,61-,62-,63+,64?,65?,66?,67?,68+,69+,70-,71-,72-,73+,74-,75-,76-/m0/s1. The van der Waals surface area contributed by atoms with E-state index in [1.54, 1.807) is 6.08 Å². The zero-order chi connectivity index (χ0) is 77.3. The van der Waals surface area contributed by atoms with Gasteiger partial charge in [0.15, 0.2) is 31.5 Å². The van der Waals surface area contributed by atoms with Gasteiger partial charge in [-0.25, -0.2) is 0 Å². The van der Waals surface area contributed by atoms with Gasteiger partial charge >= 0.3 is 0 Å². The number of ether oxygens (including phenoxy) is 10. The molecule has 0 radical (unpaired) electrons. The Bertz CT molecular complexity index is 2290. The monoisotopic (exact) mass is 1530 g/mol. The Morgan fingerprint density at radius 2 is 0.698 bits per heavy atom. The van der Waals surface area contributed by atoms with E-state index < -0.39 is 211 Å². The van der Waals surface area contributed by atoms with Crippen molar-refractivity contribution in [1.82, 2.24) is 10.6 Å². The van der Waals surface area contributed by atoms with Gasteiger partial charge in [-0.15, -0.1) is 0 Å². The maximum atomic E-state index is 13.6. The van der Waals surface area contributed by atoms with Gasteiger partial charge in [0.25, 0.3) is 0 Å². The van der Waals surface area contributed by atoms with Crippen LogP contribution in [0.5, 0.6) is 0 Å². The molecule has 0 aromatic rings. The van der Waals surface area contributed by atoms with Gasteiger partial charge in [0.2, 0.25) is 11.8 Å². The molecule has 5 rings (SSSR count). The van der Waals surface area contributed by atoms with Crippen LogP contribution in [0.15, 0.2) is 12.2 Å². The Balaban J connectivity index is 1.17. The van der Waals surface area contributed by atoms with Crippen LogP contribution >= 0.6 is 0 Å². The highest BCUT2D eigenvalue weighted by molar-refractivity contribution is 5.76. The third-order valence-electron chi connectivity index (χ3n) is 21.2. The lowest BCUT2D eigenvalue weighted by atomic mass is 9.94. The van der Waals surface area contributed by atoms with Gasteiger partial charge in [0, 0.05) is 13.3 Å². The molecule has 5 saturated heterocycles. The Morgan fingerprint density at radius 1 is 0.368 bits per heavy atom. The van der Waals surface area contributed by atoms with Gasteiger partial charge in [-0.1, -0.05) is 231 Å². The van der Waals surface area contributed by atoms with Crippen LogP contribution in [0.2, 0.25) is 0 Å². The fourth-order valence-electron chi connectivity index (χ4n) is 14.6. The SMILES string of the molecule is CCCCCCCCCCCCC/C=C/[C@@H](O)[C@H](CO[C@@H]1OC(CO)[C@@H](O[C@@H]2OC(CO)[C@H](O)[C@H](O[C@@H]3OC(CO)[C@@H](O)[C@H](O[C@@H]4OC(CO)[C@H](O)[C@H](O[C@@H]5OC(CO)[C@H](O)[C@H](O)C5O)C4O)C3NC(C)=O)C2O)[C@H](O)C1O)NC(=O)CCCCCCCCCCCCCCCCCCCCCCCCC. The average molecular weight is 1530 g/mol. The topological polar surface area (TPSA) is 474 Å². The van der Waals surface area contributed by atoms with E-state index in [9.17, 15) is 91.3 Å². The molecule has 0 spiro atoms. The fourth-order valence-corrected chi connectivity index (χ4v) is 14.6. The molecule has 30 heteroatoms. The van der Waals surface area contributed by atoms with Crippen LogP contribution in [0.4, 0.5) is 0 Å². The maximum Gasteiger partial charge on any atom is 0.220 e. The summed E-state index contributed by atoms with van der Waals surface area (Å²) in [6.45, 7) is 0.321. The first-order valence-corrected chi connectivity index (χ1v) is 40.5. The summed E-state index contributed by atoms with van der Waals surface area (Å²) in [6, 6.07) is -2.83. The predicted octanol–water partition coefficient (Wildman–Crippen LogP) is 2.73. The highest BCUT2D eigenvalue weighted by Gasteiger charge is 2.57. The number of amides is 2. The van der Waals surface area contributed by atoms with Crippen molar-refractivity contribution < 1.29 is 139 Å². The second kappa shape index (κ2) is 53.6. The van der Waals surface area contributed by atoms with E-state index in [0.29, 0.717) is 12.8 Å². The zero-order valence-corrected chi connectivity index (χ0v) is 63.5. The van der Waals surface area contributed by atoms with E-state index in [-0.39, 0.29) is 12.3 Å². The number of allylic oxidation sites excluding steroid dienone is 1. The molecule has 106 heavy (non-hydrogen) atoms. The molecule has 10 unspecified atom stereocenters. The van der Waals surface area contributed by atoms with E-state index in [2.05, 4.69) is 24.5 Å². The molecule has 5 aliphatic heterocycles. The summed E-state index contributed by atoms with van der Waals surface area (Å²) in [4.78, 5) is 26.5. The molecule has 5 aliphatic rings. The Kier molecular flexibility index (Phi) is 47.7. The van der Waals surface area contributed by atoms with Crippen molar-refractivity contribution in [3.05, 3.63) is 12.2 Å². The first kappa shape index (κ1) is 94.2. The summed E-state index contributed by atoms with van der Waals surface area (Å²) in [6.07, 6.45) is -0.674. The van der Waals surface area contributed by atoms with Gasteiger partial charge in [0.1, 0.15) is 122 Å². The van der Waals surface area contributed by atoms with Crippen LogP contribution in [0.25, 0.3) is 0 Å². The molecule has 0 aromatic carbocycles. The van der Waals surface area contributed by atoms with E-state index in [1.807, 2.05) is 6.08 Å². The van der Waals surface area contributed by atoms with Crippen molar-refractivity contribution in [2.24, 2.45) is 0 Å². The molecule has 622 valence electrons. The third kappa shape index (κ3) is 31.5. The lowest BCUT2D eigenvalue weighted by Gasteiger charge is -2.50. The Labute approximate surface area is 628 Å². The van der Waals surface area contributed by atoms with Crippen LogP contribution in [-0.4, -0.2) is 299 Å². The lowest BCUT2D eigenvalue weighted by molar-refractivity contribution is -0.386. The van der Waals surface area contributed by atoms with E-state index in [1.165, 1.54) is 161 Å². The highest BCUT2D eigenvalue weighted by atomic mass is 16.8. The number of unbranched alkanes of at least 4 members (excludes halogenated alkanes) is 33. The number of carbonyl (C=O) groups excluding carboxylic acids is 2. The van der Waals surface area contributed by atoms with Gasteiger partial charge in [-0.3, -0.25) is 9.59 Å². The normalized spacial score (nSPS) is 34.3. The summed E-state index contributed by atoms with van der Waals surface area (Å²) in [5.41, 5.74) is 0. The summed E-state index contributed by atoms with van der Waals surface area (Å²) in [5, 5.41) is 182. The smallest absolute Gasteiger partial charge is 0.220 e. The number of aliphatic hydroxyl groups excluding tert-OH is 16. The van der Waals surface area contributed by atoms with Crippen molar-refractivity contribution in [2.45, 2.75) is 418 Å². The highest BCUT2D eigenvalue weighted by Crippen LogP contribution is 2.37. The number of hydrogen-bond acceptors (Lipinski definition) is 28. The Hall–Kier alpha value is -2.36. The van der Waals surface area contributed by atoms with Crippen molar-refractivity contribution in [3.8, 4) is 0 Å². The van der Waals surface area contributed by atoms with Crippen molar-refractivity contribution in [2.75, 3.05) is 39.6 Å². The van der Waals surface area contributed by atoms with Crippen molar-refractivity contribution >= 4 is 11.8 Å². The molecule has 0 saturated carbocycles. The summed E-state index contributed by atoms with van der Waals surface area (Å²) in [7, 11) is 0. The van der Waals surface area contributed by atoms with Gasteiger partial charge in [0.05, 0.1) is 51.8 Å². The van der Waals surface area contributed by atoms with Crippen molar-refractivity contribution in [3.63, 3.8) is 0 Å². The average Bonchev–Trinajstić information content (AvgIpc) is 0.767. The largest absolute Gasteiger partial charge is 0.394 e. The minimum Gasteiger partial charge on any atom is -0.394 e. The predicted molar refractivity (Wildman–Crippen MR) is 386 cm³/mol. The fraction of sp³-hybridized carbons (Fsp3) is 0.947. The molecule has 5 fully saturated rings. The van der Waals surface area contributed by atoms with E-state index in [4.69, 9.17) is 47.4 Å². The molecular formula is C76H140N2O28. The summed E-state index contributed by atoms with van der Waals surface area (Å²) in [5.74, 6) is -1.17. The van der Waals surface area contributed by atoms with E-state index >= 15 is 0 Å². The number of carbonyl (C=O) groups is 2.